The lowest BCUT2D eigenvalue weighted by Crippen LogP contribution is -2.16. The van der Waals surface area contributed by atoms with Crippen LogP contribution in [-0.2, 0) is 24.0 Å². The van der Waals surface area contributed by atoms with Gasteiger partial charge < -0.3 is 4.74 Å². The first-order valence-electron chi connectivity index (χ1n) is 8.40. The summed E-state index contributed by atoms with van der Waals surface area (Å²) in [5.41, 5.74) is 2.93. The monoisotopic (exact) mass is 297 g/mol. The van der Waals surface area contributed by atoms with Crippen molar-refractivity contribution in [2.24, 2.45) is 0 Å². The Kier molecular flexibility index (Phi) is 3.70. The molecule has 4 rings (SSSR count). The van der Waals surface area contributed by atoms with Crippen LogP contribution in [0, 0.1) is 6.92 Å². The largest absolute Gasteiger partial charge is 0.378 e. The molecule has 0 spiro atoms. The third-order valence-corrected chi connectivity index (χ3v) is 4.90. The van der Waals surface area contributed by atoms with Gasteiger partial charge in [-0.1, -0.05) is 24.3 Å². The highest BCUT2D eigenvalue weighted by atomic mass is 16.5. The maximum Gasteiger partial charge on any atom is 0.147 e. The molecule has 2 heterocycles. The molecule has 2 aliphatic rings. The molecule has 1 aliphatic carbocycles. The van der Waals surface area contributed by atoms with Crippen LogP contribution < -0.4 is 0 Å². The number of benzene rings is 1. The lowest BCUT2D eigenvalue weighted by atomic mass is 10.1. The van der Waals surface area contributed by atoms with Crippen molar-refractivity contribution in [2.45, 2.75) is 57.6 Å². The van der Waals surface area contributed by atoms with Crippen molar-refractivity contribution in [1.29, 1.82) is 0 Å². The number of aromatic nitrogens is 3. The zero-order valence-electron chi connectivity index (χ0n) is 13.2. The van der Waals surface area contributed by atoms with Gasteiger partial charge >= 0.3 is 0 Å². The molecule has 116 valence electrons. The fourth-order valence-electron chi connectivity index (χ4n) is 3.81. The van der Waals surface area contributed by atoms with E-state index in [1.807, 2.05) is 6.92 Å². The molecule has 4 nitrogen and oxygen atoms in total. The SMILES string of the molecule is Cc1nc(CC[C@@H]2CCCO2)n(C2Cc3ccccc3C2)n1. The maximum absolute atomic E-state index is 5.74. The first kappa shape index (κ1) is 13.9. The Hall–Kier alpha value is -1.68. The Balaban J connectivity index is 1.50. The Bertz CT molecular complexity index is 633. The molecule has 1 saturated heterocycles. The van der Waals surface area contributed by atoms with E-state index in [0.29, 0.717) is 12.1 Å². The summed E-state index contributed by atoms with van der Waals surface area (Å²) in [6.07, 6.45) is 7.01. The summed E-state index contributed by atoms with van der Waals surface area (Å²) in [7, 11) is 0. The van der Waals surface area contributed by atoms with Crippen molar-refractivity contribution in [3.8, 4) is 0 Å². The van der Waals surface area contributed by atoms with E-state index in [4.69, 9.17) is 4.74 Å². The summed E-state index contributed by atoms with van der Waals surface area (Å²) in [6, 6.07) is 9.17. The highest BCUT2D eigenvalue weighted by Crippen LogP contribution is 2.30. The van der Waals surface area contributed by atoms with Gasteiger partial charge in [-0.25, -0.2) is 9.67 Å². The van der Waals surface area contributed by atoms with Gasteiger partial charge in [0, 0.05) is 13.0 Å². The van der Waals surface area contributed by atoms with Crippen molar-refractivity contribution in [2.75, 3.05) is 6.61 Å². The lowest BCUT2D eigenvalue weighted by Gasteiger charge is -2.14. The lowest BCUT2D eigenvalue weighted by molar-refractivity contribution is 0.103. The highest BCUT2D eigenvalue weighted by Gasteiger charge is 2.26. The fourth-order valence-corrected chi connectivity index (χ4v) is 3.81. The van der Waals surface area contributed by atoms with Crippen LogP contribution in [0.15, 0.2) is 24.3 Å². The predicted octanol–water partition coefficient (Wildman–Crippen LogP) is 3.04. The second-order valence-electron chi connectivity index (χ2n) is 6.52. The van der Waals surface area contributed by atoms with Crippen LogP contribution in [0.5, 0.6) is 0 Å². The minimum absolute atomic E-state index is 0.422. The van der Waals surface area contributed by atoms with E-state index in [0.717, 1.165) is 43.9 Å². The molecule has 22 heavy (non-hydrogen) atoms. The standard InChI is InChI=1S/C18H23N3O/c1-13-19-18(9-8-17-7-4-10-22-17)21(20-13)16-11-14-5-2-3-6-15(14)12-16/h2-3,5-6,16-17H,4,7-12H2,1H3/t17-/m0/s1. The van der Waals surface area contributed by atoms with Gasteiger partial charge in [0.2, 0.25) is 0 Å². The normalized spacial score (nSPS) is 21.4. The Morgan fingerprint density at radius 1 is 1.23 bits per heavy atom. The minimum Gasteiger partial charge on any atom is -0.378 e. The van der Waals surface area contributed by atoms with E-state index in [1.54, 1.807) is 0 Å². The average molecular weight is 297 g/mol. The van der Waals surface area contributed by atoms with E-state index >= 15 is 0 Å². The molecule has 4 heteroatoms. The zero-order chi connectivity index (χ0) is 14.9. The predicted molar refractivity (Wildman–Crippen MR) is 84.9 cm³/mol. The maximum atomic E-state index is 5.74. The van der Waals surface area contributed by atoms with Crippen LogP contribution in [0.2, 0.25) is 0 Å². The summed E-state index contributed by atoms with van der Waals surface area (Å²) < 4.78 is 7.92. The van der Waals surface area contributed by atoms with Gasteiger partial charge in [-0.15, -0.1) is 0 Å². The van der Waals surface area contributed by atoms with Gasteiger partial charge in [0.1, 0.15) is 11.6 Å². The first-order valence-corrected chi connectivity index (χ1v) is 8.40. The highest BCUT2D eigenvalue weighted by molar-refractivity contribution is 5.32. The number of nitrogens with zero attached hydrogens (tertiary/aromatic N) is 3. The van der Waals surface area contributed by atoms with Crippen molar-refractivity contribution >= 4 is 0 Å². The third kappa shape index (κ3) is 2.68. The molecule has 0 radical (unpaired) electrons. The zero-order valence-corrected chi connectivity index (χ0v) is 13.2. The van der Waals surface area contributed by atoms with Gasteiger partial charge in [0.15, 0.2) is 0 Å². The summed E-state index contributed by atoms with van der Waals surface area (Å²) in [5, 5.41) is 4.69. The number of rotatable bonds is 4. The van der Waals surface area contributed by atoms with Crippen LogP contribution >= 0.6 is 0 Å². The second-order valence-corrected chi connectivity index (χ2v) is 6.52. The topological polar surface area (TPSA) is 39.9 Å². The molecule has 0 unspecified atom stereocenters. The number of hydrogen-bond acceptors (Lipinski definition) is 3. The van der Waals surface area contributed by atoms with Gasteiger partial charge in [-0.05, 0) is 50.2 Å². The van der Waals surface area contributed by atoms with Crippen LogP contribution in [0.25, 0.3) is 0 Å². The smallest absolute Gasteiger partial charge is 0.147 e. The van der Waals surface area contributed by atoms with Gasteiger partial charge in [-0.2, -0.15) is 5.10 Å². The first-order chi connectivity index (χ1) is 10.8. The number of fused-ring (bicyclic) bond motifs is 1. The minimum atomic E-state index is 0.422. The molecule has 0 N–H and O–H groups in total. The molecular formula is C18H23N3O. The summed E-state index contributed by atoms with van der Waals surface area (Å²) in [4.78, 5) is 4.68. The molecule has 1 aromatic heterocycles. The van der Waals surface area contributed by atoms with Gasteiger partial charge in [0.05, 0.1) is 12.1 Å². The second kappa shape index (κ2) is 5.84. The molecule has 1 aromatic carbocycles. The molecule has 1 fully saturated rings. The van der Waals surface area contributed by atoms with E-state index in [1.165, 1.54) is 24.0 Å². The van der Waals surface area contributed by atoms with Crippen molar-refractivity contribution in [1.82, 2.24) is 14.8 Å². The average Bonchev–Trinajstić information content (AvgIpc) is 3.23. The van der Waals surface area contributed by atoms with Gasteiger partial charge in [0.25, 0.3) is 0 Å². The third-order valence-electron chi connectivity index (χ3n) is 4.90. The molecule has 1 aliphatic heterocycles. The number of aryl methyl sites for hydroxylation is 2. The van der Waals surface area contributed by atoms with Crippen LogP contribution in [0.1, 0.15) is 48.1 Å². The fraction of sp³-hybridized carbons (Fsp3) is 0.556. The number of ether oxygens (including phenoxy) is 1. The van der Waals surface area contributed by atoms with Crippen molar-refractivity contribution in [3.63, 3.8) is 0 Å². The Morgan fingerprint density at radius 2 is 2.00 bits per heavy atom. The number of hydrogen-bond donors (Lipinski definition) is 0. The molecule has 0 saturated carbocycles. The Morgan fingerprint density at radius 3 is 2.68 bits per heavy atom. The van der Waals surface area contributed by atoms with Crippen LogP contribution in [0.4, 0.5) is 0 Å². The van der Waals surface area contributed by atoms with E-state index < -0.39 is 0 Å². The van der Waals surface area contributed by atoms with Crippen molar-refractivity contribution < 1.29 is 4.74 Å². The molecule has 0 bridgehead atoms. The van der Waals surface area contributed by atoms with E-state index in [9.17, 15) is 0 Å². The summed E-state index contributed by atoms with van der Waals surface area (Å²) in [5.74, 6) is 2.02. The van der Waals surface area contributed by atoms with E-state index in [2.05, 4.69) is 39.0 Å². The van der Waals surface area contributed by atoms with Crippen LogP contribution in [-0.4, -0.2) is 27.5 Å². The van der Waals surface area contributed by atoms with E-state index in [-0.39, 0.29) is 0 Å². The molecular weight excluding hydrogens is 274 g/mol. The summed E-state index contributed by atoms with van der Waals surface area (Å²) >= 11 is 0. The quantitative estimate of drug-likeness (QED) is 0.871. The van der Waals surface area contributed by atoms with Crippen molar-refractivity contribution in [3.05, 3.63) is 47.0 Å². The molecule has 1 atom stereocenters. The molecule has 2 aromatic rings. The van der Waals surface area contributed by atoms with Gasteiger partial charge in [-0.3, -0.25) is 0 Å². The molecule has 0 amide bonds. The summed E-state index contributed by atoms with van der Waals surface area (Å²) in [6.45, 7) is 2.92. The Labute approximate surface area is 131 Å². The van der Waals surface area contributed by atoms with Crippen LogP contribution in [0.3, 0.4) is 0 Å².